The van der Waals surface area contributed by atoms with Gasteiger partial charge < -0.3 is 20.1 Å². The summed E-state index contributed by atoms with van der Waals surface area (Å²) >= 11 is 0. The predicted molar refractivity (Wildman–Crippen MR) is 126 cm³/mol. The van der Waals surface area contributed by atoms with Crippen LogP contribution >= 0.6 is 0 Å². The van der Waals surface area contributed by atoms with Gasteiger partial charge in [-0.25, -0.2) is 9.37 Å². The van der Waals surface area contributed by atoms with Gasteiger partial charge >= 0.3 is 0 Å². The van der Waals surface area contributed by atoms with Gasteiger partial charge in [0.25, 0.3) is 5.91 Å². The maximum absolute atomic E-state index is 13.6. The minimum atomic E-state index is -0.342. The van der Waals surface area contributed by atoms with E-state index in [2.05, 4.69) is 21.7 Å². The van der Waals surface area contributed by atoms with E-state index in [0.717, 1.165) is 42.0 Å². The summed E-state index contributed by atoms with van der Waals surface area (Å²) in [5.74, 6) is 1.55. The molecule has 176 valence electrons. The van der Waals surface area contributed by atoms with Crippen molar-refractivity contribution in [1.29, 1.82) is 0 Å². The summed E-state index contributed by atoms with van der Waals surface area (Å²) in [5.41, 5.74) is 5.41. The number of nitrogens with one attached hydrogen (secondary N) is 2. The number of aromatic nitrogens is 3. The number of hydrogen-bond acceptors (Lipinski definition) is 6. The molecule has 0 radical (unpaired) electrons. The number of imidazole rings is 1. The lowest BCUT2D eigenvalue weighted by molar-refractivity contribution is 0.00922. The molecule has 3 aliphatic rings. The van der Waals surface area contributed by atoms with Crippen LogP contribution < -0.4 is 15.4 Å². The number of carbonyl (C=O) groups excluding carboxylic acids is 1. The molecular weight excluding hydrogens is 449 g/mol. The highest BCUT2D eigenvalue weighted by atomic mass is 19.1. The quantitative estimate of drug-likeness (QED) is 0.469. The summed E-state index contributed by atoms with van der Waals surface area (Å²) in [4.78, 5) is 21.9. The third kappa shape index (κ3) is 3.26. The largest absolute Gasteiger partial charge is 0.477 e. The monoisotopic (exact) mass is 471 g/mol. The van der Waals surface area contributed by atoms with Crippen LogP contribution in [0, 0.1) is 11.7 Å². The predicted octanol–water partition coefficient (Wildman–Crippen LogP) is 4.03. The first-order valence-corrected chi connectivity index (χ1v) is 11.7. The molecule has 2 atom stereocenters. The van der Waals surface area contributed by atoms with Crippen LogP contribution in [-0.4, -0.2) is 40.1 Å². The van der Waals surface area contributed by atoms with Gasteiger partial charge in [0.05, 0.1) is 36.4 Å². The van der Waals surface area contributed by atoms with Gasteiger partial charge in [0, 0.05) is 42.5 Å². The Morgan fingerprint density at radius 2 is 2.11 bits per heavy atom. The molecule has 0 spiro atoms. The van der Waals surface area contributed by atoms with E-state index in [9.17, 15) is 9.18 Å². The van der Waals surface area contributed by atoms with Crippen LogP contribution in [-0.2, 0) is 11.3 Å². The number of pyridine rings is 2. The summed E-state index contributed by atoms with van der Waals surface area (Å²) in [7, 11) is 0. The molecular formula is C26H22FN5O3. The van der Waals surface area contributed by atoms with E-state index in [0.29, 0.717) is 53.6 Å². The Morgan fingerprint density at radius 1 is 1.17 bits per heavy atom. The fraction of sp³-hybridized carbons (Fsp3) is 0.269. The molecule has 0 saturated carbocycles. The molecule has 35 heavy (non-hydrogen) atoms. The van der Waals surface area contributed by atoms with E-state index in [4.69, 9.17) is 14.5 Å². The second-order valence-corrected chi connectivity index (χ2v) is 9.17. The SMILES string of the molecule is O=C1NCc2c(-c3cnc4cc(F)ccn34)ccc(Nc3ccc4c(n3)OC[C@H]3COCC[C@@H]43)c21. The molecule has 3 aliphatic heterocycles. The highest BCUT2D eigenvalue weighted by Crippen LogP contribution is 2.41. The van der Waals surface area contributed by atoms with E-state index in [1.54, 1.807) is 12.4 Å². The Morgan fingerprint density at radius 3 is 3.06 bits per heavy atom. The zero-order valence-corrected chi connectivity index (χ0v) is 18.8. The summed E-state index contributed by atoms with van der Waals surface area (Å²) < 4.78 is 27.0. The van der Waals surface area contributed by atoms with Gasteiger partial charge in [-0.15, -0.1) is 0 Å². The third-order valence-electron chi connectivity index (χ3n) is 7.18. The minimum Gasteiger partial charge on any atom is -0.477 e. The number of benzene rings is 1. The second-order valence-electron chi connectivity index (χ2n) is 9.17. The lowest BCUT2D eigenvalue weighted by Crippen LogP contribution is -2.34. The zero-order chi connectivity index (χ0) is 23.5. The summed E-state index contributed by atoms with van der Waals surface area (Å²) in [6, 6.07) is 10.6. The van der Waals surface area contributed by atoms with Crippen molar-refractivity contribution in [3.05, 3.63) is 71.3 Å². The van der Waals surface area contributed by atoms with Crippen LogP contribution in [0.1, 0.15) is 33.8 Å². The van der Waals surface area contributed by atoms with Crippen molar-refractivity contribution in [2.45, 2.75) is 18.9 Å². The average Bonchev–Trinajstić information content (AvgIpc) is 3.48. The molecule has 1 fully saturated rings. The third-order valence-corrected chi connectivity index (χ3v) is 7.18. The number of fused-ring (bicyclic) bond motifs is 5. The van der Waals surface area contributed by atoms with Gasteiger partial charge in [0.1, 0.15) is 17.3 Å². The summed E-state index contributed by atoms with van der Waals surface area (Å²) in [6.07, 6.45) is 4.32. The molecule has 1 amide bonds. The van der Waals surface area contributed by atoms with Gasteiger partial charge in [-0.05, 0) is 42.2 Å². The van der Waals surface area contributed by atoms with Crippen molar-refractivity contribution < 1.29 is 18.7 Å². The second kappa shape index (κ2) is 7.78. The summed E-state index contributed by atoms with van der Waals surface area (Å²) in [6.45, 7) is 2.48. The van der Waals surface area contributed by atoms with Crippen molar-refractivity contribution in [2.75, 3.05) is 25.1 Å². The van der Waals surface area contributed by atoms with Gasteiger partial charge in [-0.3, -0.25) is 9.20 Å². The van der Waals surface area contributed by atoms with E-state index in [1.807, 2.05) is 22.6 Å². The smallest absolute Gasteiger partial charge is 0.254 e. The molecule has 9 heteroatoms. The van der Waals surface area contributed by atoms with E-state index < -0.39 is 0 Å². The molecule has 0 bridgehead atoms. The molecule has 8 nitrogen and oxygen atoms in total. The van der Waals surface area contributed by atoms with Crippen molar-refractivity contribution >= 4 is 23.1 Å². The number of carbonyl (C=O) groups is 1. The Labute approximate surface area is 200 Å². The van der Waals surface area contributed by atoms with E-state index >= 15 is 0 Å². The van der Waals surface area contributed by atoms with Crippen molar-refractivity contribution in [1.82, 2.24) is 19.7 Å². The molecule has 1 saturated heterocycles. The van der Waals surface area contributed by atoms with Crippen LogP contribution in [0.3, 0.4) is 0 Å². The van der Waals surface area contributed by atoms with Gasteiger partial charge in [-0.1, -0.05) is 6.07 Å². The lowest BCUT2D eigenvalue weighted by Gasteiger charge is -2.36. The molecule has 3 aromatic heterocycles. The first-order valence-electron chi connectivity index (χ1n) is 11.7. The van der Waals surface area contributed by atoms with Gasteiger partial charge in [0.2, 0.25) is 5.88 Å². The fourth-order valence-electron chi connectivity index (χ4n) is 5.46. The molecule has 2 N–H and O–H groups in total. The Balaban J connectivity index is 1.25. The molecule has 7 rings (SSSR count). The standard InChI is InChI=1S/C26H22FN5O3/c27-15-5-7-32-21(11-28-23(32)9-15)17-1-3-20(24-19(17)10-29-25(24)33)30-22-4-2-18-16-6-8-34-12-14(16)13-35-26(18)31-22/h1-5,7,9,11,14,16H,6,8,10,12-13H2,(H,29,33)(H,30,31)/t14-,16-/m1/s1. The molecule has 6 heterocycles. The van der Waals surface area contributed by atoms with Crippen molar-refractivity contribution in [3.63, 3.8) is 0 Å². The topological polar surface area (TPSA) is 89.8 Å². The van der Waals surface area contributed by atoms with E-state index in [1.165, 1.54) is 12.1 Å². The van der Waals surface area contributed by atoms with Crippen LogP contribution in [0.15, 0.2) is 48.8 Å². The average molecular weight is 471 g/mol. The number of amides is 1. The minimum absolute atomic E-state index is 0.150. The Kier molecular flexibility index (Phi) is 4.53. The number of nitrogens with zero attached hydrogens (tertiary/aromatic N) is 3. The first-order chi connectivity index (χ1) is 17.2. The van der Waals surface area contributed by atoms with E-state index in [-0.39, 0.29) is 11.7 Å². The van der Waals surface area contributed by atoms with Crippen LogP contribution in [0.2, 0.25) is 0 Å². The molecule has 0 aliphatic carbocycles. The summed E-state index contributed by atoms with van der Waals surface area (Å²) in [5, 5.41) is 6.25. The van der Waals surface area contributed by atoms with Gasteiger partial charge in [-0.2, -0.15) is 4.98 Å². The number of rotatable bonds is 3. The normalized spacial score (nSPS) is 20.5. The maximum atomic E-state index is 13.6. The van der Waals surface area contributed by atoms with Crippen LogP contribution in [0.4, 0.5) is 15.9 Å². The van der Waals surface area contributed by atoms with Gasteiger partial charge in [0.15, 0.2) is 0 Å². The molecule has 4 aromatic rings. The van der Waals surface area contributed by atoms with Crippen molar-refractivity contribution in [2.24, 2.45) is 5.92 Å². The zero-order valence-electron chi connectivity index (χ0n) is 18.8. The number of hydrogen-bond donors (Lipinski definition) is 2. The highest BCUT2D eigenvalue weighted by Gasteiger charge is 2.34. The fourth-order valence-corrected chi connectivity index (χ4v) is 5.46. The lowest BCUT2D eigenvalue weighted by atomic mass is 9.82. The molecule has 0 unspecified atom stereocenters. The van der Waals surface area contributed by atoms with Crippen LogP contribution in [0.25, 0.3) is 16.9 Å². The number of ether oxygens (including phenoxy) is 2. The highest BCUT2D eigenvalue weighted by molar-refractivity contribution is 6.06. The first kappa shape index (κ1) is 20.4. The maximum Gasteiger partial charge on any atom is 0.254 e. The van der Waals surface area contributed by atoms with Crippen LogP contribution in [0.5, 0.6) is 5.88 Å². The Hall–Kier alpha value is -3.98. The Bertz CT molecular complexity index is 1500. The number of anilines is 2. The van der Waals surface area contributed by atoms with Crippen molar-refractivity contribution in [3.8, 4) is 17.1 Å². The number of halogens is 1. The molecule has 1 aromatic carbocycles.